The number of hydrogen-bond acceptors (Lipinski definition) is 2. The van der Waals surface area contributed by atoms with E-state index in [4.69, 9.17) is 5.73 Å². The quantitative estimate of drug-likeness (QED) is 0.802. The van der Waals surface area contributed by atoms with E-state index in [0.29, 0.717) is 16.8 Å². The number of anilines is 1. The van der Waals surface area contributed by atoms with Gasteiger partial charge in [0.15, 0.2) is 0 Å². The van der Waals surface area contributed by atoms with Crippen molar-refractivity contribution in [2.75, 3.05) is 5.73 Å². The van der Waals surface area contributed by atoms with E-state index in [2.05, 4.69) is 4.98 Å². The maximum absolute atomic E-state index is 12.8. The van der Waals surface area contributed by atoms with Crippen LogP contribution in [0.4, 0.5) is 18.9 Å². The number of aromatic nitrogens is 1. The van der Waals surface area contributed by atoms with Crippen molar-refractivity contribution in [2.45, 2.75) is 32.4 Å². The van der Waals surface area contributed by atoms with Crippen LogP contribution in [0, 0.1) is 6.92 Å². The van der Waals surface area contributed by atoms with Crippen LogP contribution in [0.2, 0.25) is 0 Å². The molecule has 0 bridgehead atoms. The van der Waals surface area contributed by atoms with Crippen LogP contribution < -0.4 is 5.73 Å². The second-order valence-corrected chi connectivity index (χ2v) is 5.40. The molecular formula is C16H15F3N2. The van der Waals surface area contributed by atoms with Crippen molar-refractivity contribution in [3.05, 3.63) is 46.8 Å². The molecule has 0 amide bonds. The molecule has 1 aliphatic carbocycles. The molecule has 0 atom stereocenters. The summed E-state index contributed by atoms with van der Waals surface area (Å²) >= 11 is 0. The second kappa shape index (κ2) is 4.76. The Labute approximate surface area is 120 Å². The van der Waals surface area contributed by atoms with E-state index in [1.807, 2.05) is 13.0 Å². The Morgan fingerprint density at radius 3 is 2.67 bits per heavy atom. The molecule has 0 saturated heterocycles. The first kappa shape index (κ1) is 13.9. The number of rotatable bonds is 1. The summed E-state index contributed by atoms with van der Waals surface area (Å²) in [6.45, 7) is 1.89. The lowest BCUT2D eigenvalue weighted by Crippen LogP contribution is -2.08. The highest BCUT2D eigenvalue weighted by Gasteiger charge is 2.33. The molecule has 0 saturated carbocycles. The Balaban J connectivity index is 2.18. The molecule has 21 heavy (non-hydrogen) atoms. The molecule has 110 valence electrons. The van der Waals surface area contributed by atoms with E-state index in [0.717, 1.165) is 36.5 Å². The molecule has 1 aliphatic rings. The molecular weight excluding hydrogens is 277 g/mol. The van der Waals surface area contributed by atoms with Crippen molar-refractivity contribution in [3.63, 3.8) is 0 Å². The molecule has 2 N–H and O–H groups in total. The summed E-state index contributed by atoms with van der Waals surface area (Å²) < 4.78 is 38.4. The van der Waals surface area contributed by atoms with Crippen LogP contribution in [0.1, 0.15) is 28.8 Å². The third-order valence-corrected chi connectivity index (χ3v) is 3.98. The van der Waals surface area contributed by atoms with Crippen molar-refractivity contribution in [3.8, 4) is 11.1 Å². The molecule has 1 aromatic heterocycles. The number of pyridine rings is 1. The summed E-state index contributed by atoms with van der Waals surface area (Å²) in [6.07, 6.45) is -0.331. The predicted octanol–water partition coefficient (Wildman–Crippen LogP) is 4.15. The Kier molecular flexibility index (Phi) is 3.15. The monoisotopic (exact) mass is 292 g/mol. The van der Waals surface area contributed by atoms with Crippen LogP contribution in [0.25, 0.3) is 11.1 Å². The Bertz CT molecular complexity index is 705. The lowest BCUT2D eigenvalue weighted by Gasteiger charge is -2.15. The zero-order valence-electron chi connectivity index (χ0n) is 11.6. The SMILES string of the molecule is Cc1cc2c(c(N)c1-c1ccnc(C(F)(F)F)c1)CCC2. The molecule has 3 rings (SSSR count). The first-order chi connectivity index (χ1) is 9.88. The molecule has 0 unspecified atom stereocenters. The predicted molar refractivity (Wildman–Crippen MR) is 75.8 cm³/mol. The molecule has 0 fully saturated rings. The fraction of sp³-hybridized carbons (Fsp3) is 0.312. The van der Waals surface area contributed by atoms with Gasteiger partial charge in [0.2, 0.25) is 0 Å². The maximum atomic E-state index is 12.8. The van der Waals surface area contributed by atoms with E-state index in [1.54, 1.807) is 6.07 Å². The van der Waals surface area contributed by atoms with Gasteiger partial charge in [-0.05, 0) is 60.6 Å². The first-order valence-electron chi connectivity index (χ1n) is 6.82. The molecule has 2 nitrogen and oxygen atoms in total. The third kappa shape index (κ3) is 2.37. The highest BCUT2D eigenvalue weighted by molar-refractivity contribution is 5.83. The highest BCUT2D eigenvalue weighted by Crippen LogP contribution is 2.39. The average Bonchev–Trinajstić information content (AvgIpc) is 2.86. The second-order valence-electron chi connectivity index (χ2n) is 5.40. The van der Waals surface area contributed by atoms with Crippen molar-refractivity contribution in [2.24, 2.45) is 0 Å². The topological polar surface area (TPSA) is 38.9 Å². The van der Waals surface area contributed by atoms with Crippen LogP contribution in [0.15, 0.2) is 24.4 Å². The average molecular weight is 292 g/mol. The zero-order chi connectivity index (χ0) is 15.2. The van der Waals surface area contributed by atoms with E-state index in [9.17, 15) is 13.2 Å². The van der Waals surface area contributed by atoms with Gasteiger partial charge in [-0.3, -0.25) is 4.98 Å². The fourth-order valence-corrected chi connectivity index (χ4v) is 3.06. The number of alkyl halides is 3. The minimum absolute atomic E-state index is 0.474. The molecule has 0 aliphatic heterocycles. The summed E-state index contributed by atoms with van der Waals surface area (Å²) in [5.41, 5.74) is 10.3. The number of hydrogen-bond donors (Lipinski definition) is 1. The van der Waals surface area contributed by atoms with Gasteiger partial charge < -0.3 is 5.73 Å². The van der Waals surface area contributed by atoms with E-state index >= 15 is 0 Å². The number of fused-ring (bicyclic) bond motifs is 1. The molecule has 1 aromatic carbocycles. The standard InChI is InChI=1S/C16H15F3N2/c1-9-7-10-3-2-4-12(10)15(20)14(9)11-5-6-21-13(8-11)16(17,18)19/h5-8H,2-4,20H2,1H3. The van der Waals surface area contributed by atoms with Crippen LogP contribution in [-0.2, 0) is 19.0 Å². The van der Waals surface area contributed by atoms with Crippen molar-refractivity contribution >= 4 is 5.69 Å². The number of nitrogen functional groups attached to an aromatic ring is 1. The molecule has 5 heteroatoms. The van der Waals surface area contributed by atoms with E-state index in [1.165, 1.54) is 11.8 Å². The van der Waals surface area contributed by atoms with Gasteiger partial charge in [0.25, 0.3) is 0 Å². The summed E-state index contributed by atoms with van der Waals surface area (Å²) in [4.78, 5) is 3.40. The number of benzene rings is 1. The summed E-state index contributed by atoms with van der Waals surface area (Å²) in [7, 11) is 0. The lowest BCUT2D eigenvalue weighted by molar-refractivity contribution is -0.141. The summed E-state index contributed by atoms with van der Waals surface area (Å²) in [5, 5.41) is 0. The molecule has 1 heterocycles. The fourth-order valence-electron chi connectivity index (χ4n) is 3.06. The van der Waals surface area contributed by atoms with Gasteiger partial charge in [-0.25, -0.2) is 0 Å². The smallest absolute Gasteiger partial charge is 0.398 e. The number of nitrogens with zero attached hydrogens (tertiary/aromatic N) is 1. The summed E-state index contributed by atoms with van der Waals surface area (Å²) in [6, 6.07) is 4.69. The van der Waals surface area contributed by atoms with Crippen molar-refractivity contribution in [1.29, 1.82) is 0 Å². The zero-order valence-corrected chi connectivity index (χ0v) is 11.6. The summed E-state index contributed by atoms with van der Waals surface area (Å²) in [5.74, 6) is 0. The minimum Gasteiger partial charge on any atom is -0.398 e. The number of aryl methyl sites for hydroxylation is 2. The minimum atomic E-state index is -4.45. The number of nitrogens with two attached hydrogens (primary N) is 1. The van der Waals surface area contributed by atoms with Gasteiger partial charge in [-0.15, -0.1) is 0 Å². The highest BCUT2D eigenvalue weighted by atomic mass is 19.4. The van der Waals surface area contributed by atoms with E-state index in [-0.39, 0.29) is 0 Å². The van der Waals surface area contributed by atoms with Gasteiger partial charge in [-0.2, -0.15) is 13.2 Å². The first-order valence-corrected chi connectivity index (χ1v) is 6.82. The normalized spacial score (nSPS) is 14.3. The van der Waals surface area contributed by atoms with Gasteiger partial charge >= 0.3 is 6.18 Å². The lowest BCUT2D eigenvalue weighted by atomic mass is 9.93. The van der Waals surface area contributed by atoms with E-state index < -0.39 is 11.9 Å². The van der Waals surface area contributed by atoms with Gasteiger partial charge in [-0.1, -0.05) is 6.07 Å². The van der Waals surface area contributed by atoms with Crippen LogP contribution in [0.3, 0.4) is 0 Å². The Morgan fingerprint density at radius 1 is 1.19 bits per heavy atom. The molecule has 2 aromatic rings. The molecule has 0 radical (unpaired) electrons. The van der Waals surface area contributed by atoms with Crippen molar-refractivity contribution in [1.82, 2.24) is 4.98 Å². The van der Waals surface area contributed by atoms with Crippen LogP contribution in [-0.4, -0.2) is 4.98 Å². The third-order valence-electron chi connectivity index (χ3n) is 3.98. The van der Waals surface area contributed by atoms with Crippen molar-refractivity contribution < 1.29 is 13.2 Å². The maximum Gasteiger partial charge on any atom is 0.433 e. The Morgan fingerprint density at radius 2 is 1.95 bits per heavy atom. The van der Waals surface area contributed by atoms with Crippen LogP contribution in [0.5, 0.6) is 0 Å². The van der Waals surface area contributed by atoms with Gasteiger partial charge in [0.1, 0.15) is 5.69 Å². The van der Waals surface area contributed by atoms with Gasteiger partial charge in [0, 0.05) is 17.4 Å². The van der Waals surface area contributed by atoms with Crippen LogP contribution >= 0.6 is 0 Å². The van der Waals surface area contributed by atoms with Gasteiger partial charge in [0.05, 0.1) is 0 Å². The molecule has 0 spiro atoms. The number of halogens is 3. The Hall–Kier alpha value is -2.04. The largest absolute Gasteiger partial charge is 0.433 e.